The zero-order valence-corrected chi connectivity index (χ0v) is 10.5. The highest BCUT2D eigenvalue weighted by atomic mass is 19.4. The number of anilines is 1. The molecule has 0 bridgehead atoms. The van der Waals surface area contributed by atoms with E-state index in [-0.39, 0.29) is 5.69 Å². The molecule has 1 aromatic rings. The van der Waals surface area contributed by atoms with Crippen molar-refractivity contribution in [3.05, 3.63) is 36.7 Å². The fraction of sp³-hybridized carbons (Fsp3) is 0.250. The average molecular weight is 287 g/mol. The molecule has 0 aliphatic carbocycles. The molecule has 0 fully saturated rings. The van der Waals surface area contributed by atoms with Crippen LogP contribution in [0, 0.1) is 0 Å². The zero-order chi connectivity index (χ0) is 15.3. The number of nitrogens with zero attached hydrogens (tertiary/aromatic N) is 1. The normalized spacial score (nSPS) is 12.4. The second-order valence-electron chi connectivity index (χ2n) is 3.88. The molecule has 1 atom stereocenters. The van der Waals surface area contributed by atoms with Gasteiger partial charge in [-0.15, -0.1) is 6.58 Å². The molecular weight excluding hydrogens is 275 g/mol. The predicted molar refractivity (Wildman–Crippen MR) is 65.7 cm³/mol. The first-order chi connectivity index (χ1) is 9.24. The van der Waals surface area contributed by atoms with Crippen molar-refractivity contribution in [2.45, 2.75) is 19.1 Å². The SMILES string of the molecule is C=C[C@@H](C)NC(=O)C(=O)Nc1ccc(C(F)(F)F)nc1. The van der Waals surface area contributed by atoms with Gasteiger partial charge in [-0.2, -0.15) is 13.2 Å². The number of halogens is 3. The highest BCUT2D eigenvalue weighted by Crippen LogP contribution is 2.27. The van der Waals surface area contributed by atoms with Crippen LogP contribution in [0.5, 0.6) is 0 Å². The van der Waals surface area contributed by atoms with Crippen molar-refractivity contribution < 1.29 is 22.8 Å². The Morgan fingerprint density at radius 3 is 2.45 bits per heavy atom. The van der Waals surface area contributed by atoms with Crippen LogP contribution < -0.4 is 10.6 Å². The largest absolute Gasteiger partial charge is 0.433 e. The van der Waals surface area contributed by atoms with Crippen molar-refractivity contribution in [2.24, 2.45) is 0 Å². The number of alkyl halides is 3. The number of hydrogen-bond acceptors (Lipinski definition) is 3. The van der Waals surface area contributed by atoms with Crippen molar-refractivity contribution in [3.8, 4) is 0 Å². The molecule has 0 unspecified atom stereocenters. The third kappa shape index (κ3) is 4.38. The van der Waals surface area contributed by atoms with E-state index in [0.717, 1.165) is 12.3 Å². The van der Waals surface area contributed by atoms with Crippen molar-refractivity contribution in [3.63, 3.8) is 0 Å². The third-order valence-electron chi connectivity index (χ3n) is 2.23. The number of pyridine rings is 1. The second kappa shape index (κ2) is 6.18. The number of rotatable bonds is 3. The van der Waals surface area contributed by atoms with Crippen LogP contribution in [0.15, 0.2) is 31.0 Å². The lowest BCUT2D eigenvalue weighted by atomic mass is 10.3. The number of carbonyl (C=O) groups excluding carboxylic acids is 2. The van der Waals surface area contributed by atoms with Gasteiger partial charge < -0.3 is 10.6 Å². The van der Waals surface area contributed by atoms with E-state index in [4.69, 9.17) is 0 Å². The van der Waals surface area contributed by atoms with Gasteiger partial charge in [-0.05, 0) is 19.1 Å². The Labute approximate surface area is 112 Å². The van der Waals surface area contributed by atoms with E-state index in [0.29, 0.717) is 6.07 Å². The van der Waals surface area contributed by atoms with E-state index in [1.807, 2.05) is 0 Å². The molecule has 0 aromatic carbocycles. The van der Waals surface area contributed by atoms with Crippen LogP contribution in [0.1, 0.15) is 12.6 Å². The fourth-order valence-electron chi connectivity index (χ4n) is 1.15. The minimum Gasteiger partial charge on any atom is -0.342 e. The van der Waals surface area contributed by atoms with Crippen molar-refractivity contribution in [1.82, 2.24) is 10.3 Å². The Morgan fingerprint density at radius 1 is 1.35 bits per heavy atom. The molecule has 1 rings (SSSR count). The van der Waals surface area contributed by atoms with Gasteiger partial charge >= 0.3 is 18.0 Å². The predicted octanol–water partition coefficient (Wildman–Crippen LogP) is 1.73. The summed E-state index contributed by atoms with van der Waals surface area (Å²) in [5.41, 5.74) is -1.09. The Kier molecular flexibility index (Phi) is 4.84. The van der Waals surface area contributed by atoms with Gasteiger partial charge in [0.25, 0.3) is 0 Å². The zero-order valence-electron chi connectivity index (χ0n) is 10.5. The molecule has 108 valence electrons. The lowest BCUT2D eigenvalue weighted by Gasteiger charge is -2.10. The fourth-order valence-corrected chi connectivity index (χ4v) is 1.15. The monoisotopic (exact) mass is 287 g/mol. The molecule has 5 nitrogen and oxygen atoms in total. The van der Waals surface area contributed by atoms with Crippen LogP contribution in [0.3, 0.4) is 0 Å². The maximum absolute atomic E-state index is 12.3. The Hall–Kier alpha value is -2.38. The van der Waals surface area contributed by atoms with E-state index >= 15 is 0 Å². The van der Waals surface area contributed by atoms with Crippen LogP contribution in [0.25, 0.3) is 0 Å². The summed E-state index contributed by atoms with van der Waals surface area (Å²) in [7, 11) is 0. The van der Waals surface area contributed by atoms with Gasteiger partial charge in [-0.25, -0.2) is 4.98 Å². The summed E-state index contributed by atoms with van der Waals surface area (Å²) in [6, 6.07) is 1.32. The van der Waals surface area contributed by atoms with Gasteiger partial charge in [0.15, 0.2) is 0 Å². The summed E-state index contributed by atoms with van der Waals surface area (Å²) in [6.07, 6.45) is -2.31. The Balaban J connectivity index is 2.67. The summed E-state index contributed by atoms with van der Waals surface area (Å²) >= 11 is 0. The standard InChI is InChI=1S/C12H12F3N3O2/c1-3-7(2)17-10(19)11(20)18-8-4-5-9(16-6-8)12(13,14)15/h3-7H,1H2,2H3,(H,17,19)(H,18,20)/t7-/m1/s1. The first-order valence-corrected chi connectivity index (χ1v) is 5.51. The molecule has 0 aliphatic rings. The van der Waals surface area contributed by atoms with Crippen LogP contribution in [-0.2, 0) is 15.8 Å². The summed E-state index contributed by atoms with van der Waals surface area (Å²) in [6.45, 7) is 5.04. The molecule has 0 saturated heterocycles. The number of carbonyl (C=O) groups is 2. The molecule has 1 heterocycles. The average Bonchev–Trinajstić information content (AvgIpc) is 2.38. The summed E-state index contributed by atoms with van der Waals surface area (Å²) in [4.78, 5) is 26.0. The van der Waals surface area contributed by atoms with Gasteiger partial charge in [0.1, 0.15) is 5.69 Å². The highest BCUT2D eigenvalue weighted by Gasteiger charge is 2.32. The van der Waals surface area contributed by atoms with Crippen LogP contribution >= 0.6 is 0 Å². The topological polar surface area (TPSA) is 71.1 Å². The van der Waals surface area contributed by atoms with Gasteiger partial charge in [-0.3, -0.25) is 9.59 Å². The number of aromatic nitrogens is 1. The van der Waals surface area contributed by atoms with Gasteiger partial charge in [-0.1, -0.05) is 6.08 Å². The van der Waals surface area contributed by atoms with Crippen LogP contribution in [0.2, 0.25) is 0 Å². The van der Waals surface area contributed by atoms with Crippen LogP contribution in [0.4, 0.5) is 18.9 Å². The van der Waals surface area contributed by atoms with E-state index in [2.05, 4.69) is 22.2 Å². The van der Waals surface area contributed by atoms with E-state index in [1.54, 1.807) is 6.92 Å². The van der Waals surface area contributed by atoms with E-state index < -0.39 is 29.7 Å². The number of hydrogen-bond donors (Lipinski definition) is 2. The third-order valence-corrected chi connectivity index (χ3v) is 2.23. The number of amides is 2. The molecule has 0 spiro atoms. The van der Waals surface area contributed by atoms with Gasteiger partial charge in [0.05, 0.1) is 11.9 Å². The molecule has 1 aromatic heterocycles. The molecule has 2 amide bonds. The Morgan fingerprint density at radius 2 is 2.00 bits per heavy atom. The minimum atomic E-state index is -4.56. The molecule has 0 saturated carbocycles. The number of nitrogens with one attached hydrogen (secondary N) is 2. The minimum absolute atomic E-state index is 0.00981. The molecule has 20 heavy (non-hydrogen) atoms. The second-order valence-corrected chi connectivity index (χ2v) is 3.88. The van der Waals surface area contributed by atoms with Gasteiger partial charge in [0, 0.05) is 6.04 Å². The molecule has 0 radical (unpaired) electrons. The lowest BCUT2D eigenvalue weighted by molar-refractivity contribution is -0.141. The quantitative estimate of drug-likeness (QED) is 0.657. The molecule has 0 aliphatic heterocycles. The maximum Gasteiger partial charge on any atom is 0.433 e. The highest BCUT2D eigenvalue weighted by molar-refractivity contribution is 6.39. The maximum atomic E-state index is 12.3. The molecule has 2 N–H and O–H groups in total. The Bertz CT molecular complexity index is 512. The van der Waals surface area contributed by atoms with Crippen molar-refractivity contribution in [2.75, 3.05) is 5.32 Å². The summed E-state index contributed by atoms with van der Waals surface area (Å²) < 4.78 is 36.8. The van der Waals surface area contributed by atoms with Crippen molar-refractivity contribution >= 4 is 17.5 Å². The first-order valence-electron chi connectivity index (χ1n) is 5.51. The first kappa shape index (κ1) is 15.7. The van der Waals surface area contributed by atoms with E-state index in [9.17, 15) is 22.8 Å². The summed E-state index contributed by atoms with van der Waals surface area (Å²) in [5, 5.41) is 4.45. The smallest absolute Gasteiger partial charge is 0.342 e. The van der Waals surface area contributed by atoms with Gasteiger partial charge in [0.2, 0.25) is 0 Å². The molecular formula is C12H12F3N3O2. The van der Waals surface area contributed by atoms with Crippen molar-refractivity contribution in [1.29, 1.82) is 0 Å². The lowest BCUT2D eigenvalue weighted by Crippen LogP contribution is -2.39. The van der Waals surface area contributed by atoms with E-state index in [1.165, 1.54) is 6.08 Å². The summed E-state index contributed by atoms with van der Waals surface area (Å²) in [5.74, 6) is -1.92. The van der Waals surface area contributed by atoms with Crippen LogP contribution in [-0.4, -0.2) is 22.8 Å². The molecule has 8 heteroatoms.